The number of benzene rings is 5. The van der Waals surface area contributed by atoms with Crippen LogP contribution in [0.1, 0.15) is 5.56 Å². The predicted octanol–water partition coefficient (Wildman–Crippen LogP) is 8.90. The molecule has 0 amide bonds. The molecule has 166 valence electrons. The number of nitrogens with zero attached hydrogens (tertiary/aromatic N) is 2. The van der Waals surface area contributed by atoms with E-state index in [0.29, 0.717) is 0 Å². The highest BCUT2D eigenvalue weighted by atomic mass is 15.1. The van der Waals surface area contributed by atoms with Crippen LogP contribution >= 0.6 is 0 Å². The molecule has 0 unspecified atom stereocenters. The van der Waals surface area contributed by atoms with Gasteiger partial charge in [0, 0.05) is 35.5 Å². The summed E-state index contributed by atoms with van der Waals surface area (Å²) in [7, 11) is 2.12. The van der Waals surface area contributed by atoms with Gasteiger partial charge in [-0.3, -0.25) is 0 Å². The second kappa shape index (κ2) is 9.68. The minimum Gasteiger partial charge on any atom is -0.345 e. The van der Waals surface area contributed by atoms with Gasteiger partial charge in [-0.1, -0.05) is 78.4 Å². The third-order valence-electron chi connectivity index (χ3n) is 6.14. The molecule has 0 radical (unpaired) electrons. The zero-order valence-electron chi connectivity index (χ0n) is 19.6. The molecule has 2 nitrogen and oxygen atoms in total. The minimum absolute atomic E-state index is 1.13. The number of para-hydroxylation sites is 1. The van der Waals surface area contributed by atoms with Crippen LogP contribution in [0.5, 0.6) is 0 Å². The fourth-order valence-electron chi connectivity index (χ4n) is 4.22. The van der Waals surface area contributed by atoms with Crippen molar-refractivity contribution in [2.45, 2.75) is 6.92 Å². The van der Waals surface area contributed by atoms with E-state index >= 15 is 0 Å². The summed E-state index contributed by atoms with van der Waals surface area (Å²) in [6, 6.07) is 47.1. The molecule has 0 heterocycles. The summed E-state index contributed by atoms with van der Waals surface area (Å²) in [6.07, 6.45) is 0. The van der Waals surface area contributed by atoms with E-state index in [1.165, 1.54) is 16.7 Å². The van der Waals surface area contributed by atoms with Crippen molar-refractivity contribution in [3.8, 4) is 11.1 Å². The minimum atomic E-state index is 1.13. The second-order valence-corrected chi connectivity index (χ2v) is 8.50. The topological polar surface area (TPSA) is 6.48 Å². The Kier molecular flexibility index (Phi) is 6.13. The largest absolute Gasteiger partial charge is 0.345 e. The zero-order valence-corrected chi connectivity index (χ0v) is 19.6. The number of rotatable bonds is 6. The standard InChI is InChI=1S/C32H28N2/c1-25-16-18-30(19-17-25)34(29-13-7-4-8-14-29)31-22-20-28(21-23-31)33(2)32-15-9-12-27(24-32)26-10-5-3-6-11-26/h3-24H,1-2H3. The SMILES string of the molecule is Cc1ccc(N(c2ccccc2)c2ccc(N(C)c3cccc(-c4ccccc4)c3)cc2)cc1. The van der Waals surface area contributed by atoms with Crippen LogP contribution < -0.4 is 9.80 Å². The molecule has 0 aliphatic heterocycles. The average molecular weight is 441 g/mol. The van der Waals surface area contributed by atoms with Gasteiger partial charge in [-0.15, -0.1) is 0 Å². The smallest absolute Gasteiger partial charge is 0.0463 e. The van der Waals surface area contributed by atoms with Gasteiger partial charge in [0.15, 0.2) is 0 Å². The van der Waals surface area contributed by atoms with Crippen molar-refractivity contribution in [3.05, 3.63) is 139 Å². The predicted molar refractivity (Wildman–Crippen MR) is 146 cm³/mol. The maximum absolute atomic E-state index is 2.29. The van der Waals surface area contributed by atoms with E-state index < -0.39 is 0 Å². The fraction of sp³-hybridized carbons (Fsp3) is 0.0625. The first kappa shape index (κ1) is 21.5. The van der Waals surface area contributed by atoms with Crippen molar-refractivity contribution in [1.29, 1.82) is 0 Å². The van der Waals surface area contributed by atoms with E-state index in [4.69, 9.17) is 0 Å². The summed E-state index contributed by atoms with van der Waals surface area (Å²) in [5, 5.41) is 0. The molecule has 0 N–H and O–H groups in total. The van der Waals surface area contributed by atoms with Crippen molar-refractivity contribution in [2.24, 2.45) is 0 Å². The van der Waals surface area contributed by atoms with Crippen LogP contribution in [0.15, 0.2) is 133 Å². The first-order valence-electron chi connectivity index (χ1n) is 11.6. The molecule has 5 aromatic carbocycles. The Balaban J connectivity index is 1.46. The normalized spacial score (nSPS) is 10.6. The molecule has 5 aromatic rings. The Hall–Kier alpha value is -4.30. The molecule has 0 saturated heterocycles. The number of hydrogen-bond acceptors (Lipinski definition) is 2. The Morgan fingerprint density at radius 2 is 0.882 bits per heavy atom. The van der Waals surface area contributed by atoms with Gasteiger partial charge in [-0.05, 0) is 78.7 Å². The van der Waals surface area contributed by atoms with E-state index in [1.807, 2.05) is 0 Å². The Morgan fingerprint density at radius 1 is 0.412 bits per heavy atom. The maximum Gasteiger partial charge on any atom is 0.0463 e. The van der Waals surface area contributed by atoms with E-state index in [1.54, 1.807) is 0 Å². The first-order chi connectivity index (χ1) is 16.7. The van der Waals surface area contributed by atoms with Crippen LogP contribution in [0.4, 0.5) is 28.4 Å². The summed E-state index contributed by atoms with van der Waals surface area (Å²) in [4.78, 5) is 4.52. The lowest BCUT2D eigenvalue weighted by Gasteiger charge is -2.27. The van der Waals surface area contributed by atoms with Crippen LogP contribution in [0.2, 0.25) is 0 Å². The quantitative estimate of drug-likeness (QED) is 0.260. The molecule has 0 saturated carbocycles. The molecule has 0 aliphatic carbocycles. The van der Waals surface area contributed by atoms with Gasteiger partial charge in [0.2, 0.25) is 0 Å². The number of hydrogen-bond donors (Lipinski definition) is 0. The van der Waals surface area contributed by atoms with Gasteiger partial charge in [0.05, 0.1) is 0 Å². The van der Waals surface area contributed by atoms with Crippen molar-refractivity contribution < 1.29 is 0 Å². The summed E-state index contributed by atoms with van der Waals surface area (Å²) in [6.45, 7) is 2.12. The molecular formula is C32H28N2. The van der Waals surface area contributed by atoms with Crippen molar-refractivity contribution in [2.75, 3.05) is 16.8 Å². The molecular weight excluding hydrogens is 412 g/mol. The van der Waals surface area contributed by atoms with E-state index in [-0.39, 0.29) is 0 Å². The van der Waals surface area contributed by atoms with E-state index in [9.17, 15) is 0 Å². The van der Waals surface area contributed by atoms with Crippen molar-refractivity contribution in [3.63, 3.8) is 0 Å². The fourth-order valence-corrected chi connectivity index (χ4v) is 4.22. The van der Waals surface area contributed by atoms with Crippen molar-refractivity contribution >= 4 is 28.4 Å². The molecule has 0 aliphatic rings. The molecule has 5 rings (SSSR count). The van der Waals surface area contributed by atoms with E-state index in [2.05, 4.69) is 157 Å². The zero-order chi connectivity index (χ0) is 23.3. The molecule has 0 aromatic heterocycles. The Labute approximate surface area is 202 Å². The Bertz CT molecular complexity index is 1340. The van der Waals surface area contributed by atoms with Gasteiger partial charge in [-0.25, -0.2) is 0 Å². The van der Waals surface area contributed by atoms with Crippen LogP contribution in [0.25, 0.3) is 11.1 Å². The van der Waals surface area contributed by atoms with Gasteiger partial charge in [0.25, 0.3) is 0 Å². The van der Waals surface area contributed by atoms with E-state index in [0.717, 1.165) is 28.4 Å². The summed E-state index contributed by atoms with van der Waals surface area (Å²) in [5.74, 6) is 0. The summed E-state index contributed by atoms with van der Waals surface area (Å²) >= 11 is 0. The van der Waals surface area contributed by atoms with Crippen LogP contribution in [-0.2, 0) is 0 Å². The highest BCUT2D eigenvalue weighted by molar-refractivity contribution is 5.78. The lowest BCUT2D eigenvalue weighted by molar-refractivity contribution is 1.20. The van der Waals surface area contributed by atoms with Gasteiger partial charge >= 0.3 is 0 Å². The summed E-state index contributed by atoms with van der Waals surface area (Å²) < 4.78 is 0. The van der Waals surface area contributed by atoms with Crippen LogP contribution in [0.3, 0.4) is 0 Å². The average Bonchev–Trinajstić information content (AvgIpc) is 2.91. The molecule has 0 bridgehead atoms. The monoisotopic (exact) mass is 440 g/mol. The molecule has 2 heteroatoms. The highest BCUT2D eigenvalue weighted by Crippen LogP contribution is 2.36. The third kappa shape index (κ3) is 4.57. The molecule has 34 heavy (non-hydrogen) atoms. The highest BCUT2D eigenvalue weighted by Gasteiger charge is 2.13. The summed E-state index contributed by atoms with van der Waals surface area (Å²) in [5.41, 5.74) is 9.42. The van der Waals surface area contributed by atoms with Gasteiger partial charge in [0.1, 0.15) is 0 Å². The molecule has 0 atom stereocenters. The second-order valence-electron chi connectivity index (χ2n) is 8.50. The van der Waals surface area contributed by atoms with Crippen LogP contribution in [0, 0.1) is 6.92 Å². The first-order valence-corrected chi connectivity index (χ1v) is 11.6. The lowest BCUT2D eigenvalue weighted by atomic mass is 10.0. The number of anilines is 5. The maximum atomic E-state index is 2.29. The number of aryl methyl sites for hydroxylation is 1. The van der Waals surface area contributed by atoms with Gasteiger partial charge < -0.3 is 9.80 Å². The van der Waals surface area contributed by atoms with Gasteiger partial charge in [-0.2, -0.15) is 0 Å². The molecule has 0 spiro atoms. The third-order valence-corrected chi connectivity index (χ3v) is 6.14. The van der Waals surface area contributed by atoms with Crippen molar-refractivity contribution in [1.82, 2.24) is 0 Å². The Morgan fingerprint density at radius 3 is 1.53 bits per heavy atom. The molecule has 0 fully saturated rings. The lowest BCUT2D eigenvalue weighted by Crippen LogP contribution is -2.12. The van der Waals surface area contributed by atoms with Crippen LogP contribution in [-0.4, -0.2) is 7.05 Å².